The first kappa shape index (κ1) is 13.0. The standard InChI is InChI=1S/C10H16F3N3/c1-8(2)14-5-9-6-15-16(7-9)4-3-10(11,12)13/h6-8,14H,3-5H2,1-2H3. The monoisotopic (exact) mass is 235 g/mol. The number of nitrogens with zero attached hydrogens (tertiary/aromatic N) is 2. The van der Waals surface area contributed by atoms with Gasteiger partial charge in [0, 0.05) is 30.9 Å². The second kappa shape index (κ2) is 5.34. The van der Waals surface area contributed by atoms with Gasteiger partial charge in [-0.05, 0) is 0 Å². The molecular weight excluding hydrogens is 219 g/mol. The van der Waals surface area contributed by atoms with Gasteiger partial charge in [-0.1, -0.05) is 13.8 Å². The van der Waals surface area contributed by atoms with E-state index < -0.39 is 12.6 Å². The molecule has 3 nitrogen and oxygen atoms in total. The van der Waals surface area contributed by atoms with E-state index >= 15 is 0 Å². The van der Waals surface area contributed by atoms with Crippen LogP contribution in [0, 0.1) is 0 Å². The summed E-state index contributed by atoms with van der Waals surface area (Å²) in [7, 11) is 0. The molecule has 1 rings (SSSR count). The van der Waals surface area contributed by atoms with E-state index in [9.17, 15) is 13.2 Å². The number of nitrogens with one attached hydrogen (secondary N) is 1. The van der Waals surface area contributed by atoms with Crippen molar-refractivity contribution in [3.8, 4) is 0 Å². The van der Waals surface area contributed by atoms with Crippen LogP contribution in [0.5, 0.6) is 0 Å². The number of rotatable bonds is 5. The summed E-state index contributed by atoms with van der Waals surface area (Å²) < 4.78 is 37.2. The zero-order chi connectivity index (χ0) is 12.2. The summed E-state index contributed by atoms with van der Waals surface area (Å²) in [4.78, 5) is 0. The molecule has 0 fully saturated rings. The first-order valence-electron chi connectivity index (χ1n) is 5.18. The molecule has 0 aliphatic carbocycles. The number of aryl methyl sites for hydroxylation is 1. The number of hydrogen-bond acceptors (Lipinski definition) is 2. The predicted molar refractivity (Wildman–Crippen MR) is 54.9 cm³/mol. The molecule has 0 saturated carbocycles. The van der Waals surface area contributed by atoms with Gasteiger partial charge in [0.05, 0.1) is 12.6 Å². The van der Waals surface area contributed by atoms with Gasteiger partial charge in [0.1, 0.15) is 0 Å². The van der Waals surface area contributed by atoms with Crippen molar-refractivity contribution < 1.29 is 13.2 Å². The number of hydrogen-bond donors (Lipinski definition) is 1. The summed E-state index contributed by atoms with van der Waals surface area (Å²) in [6, 6.07) is 0.346. The second-order valence-corrected chi connectivity index (χ2v) is 4.01. The van der Waals surface area contributed by atoms with Gasteiger partial charge in [-0.2, -0.15) is 18.3 Å². The molecule has 1 N–H and O–H groups in total. The Labute approximate surface area is 92.6 Å². The molecular formula is C10H16F3N3. The third-order valence-electron chi connectivity index (χ3n) is 2.03. The lowest BCUT2D eigenvalue weighted by molar-refractivity contribution is -0.137. The lowest BCUT2D eigenvalue weighted by Gasteiger charge is -2.06. The first-order valence-corrected chi connectivity index (χ1v) is 5.18. The Morgan fingerprint density at radius 2 is 2.12 bits per heavy atom. The molecule has 0 saturated heterocycles. The van der Waals surface area contributed by atoms with Crippen molar-refractivity contribution in [3.05, 3.63) is 18.0 Å². The van der Waals surface area contributed by atoms with Gasteiger partial charge in [0.2, 0.25) is 0 Å². The predicted octanol–water partition coefficient (Wildman–Crippen LogP) is 2.33. The van der Waals surface area contributed by atoms with Gasteiger partial charge >= 0.3 is 6.18 Å². The Bertz CT molecular complexity index is 317. The summed E-state index contributed by atoms with van der Waals surface area (Å²) >= 11 is 0. The van der Waals surface area contributed by atoms with Crippen LogP contribution < -0.4 is 5.32 Å². The van der Waals surface area contributed by atoms with Gasteiger partial charge in [0.25, 0.3) is 0 Å². The van der Waals surface area contributed by atoms with Crippen LogP contribution in [0.3, 0.4) is 0 Å². The quantitative estimate of drug-likeness (QED) is 0.848. The fourth-order valence-electron chi connectivity index (χ4n) is 1.18. The Hall–Kier alpha value is -1.04. The maximum Gasteiger partial charge on any atom is 0.390 e. The Balaban J connectivity index is 2.39. The van der Waals surface area contributed by atoms with Gasteiger partial charge in [-0.15, -0.1) is 0 Å². The van der Waals surface area contributed by atoms with Crippen LogP contribution in [-0.2, 0) is 13.1 Å². The average Bonchev–Trinajstić information content (AvgIpc) is 2.58. The molecule has 0 radical (unpaired) electrons. The van der Waals surface area contributed by atoms with Crippen molar-refractivity contribution in [2.45, 2.75) is 45.6 Å². The summed E-state index contributed by atoms with van der Waals surface area (Å²) in [6.45, 7) is 4.52. The maximum absolute atomic E-state index is 11.9. The Morgan fingerprint density at radius 1 is 1.44 bits per heavy atom. The van der Waals surface area contributed by atoms with Crippen LogP contribution in [0.4, 0.5) is 13.2 Å². The number of halogens is 3. The van der Waals surface area contributed by atoms with Crippen molar-refractivity contribution in [1.29, 1.82) is 0 Å². The summed E-state index contributed by atoms with van der Waals surface area (Å²) in [6.07, 6.45) is -1.74. The van der Waals surface area contributed by atoms with Gasteiger partial charge in [0.15, 0.2) is 0 Å². The highest BCUT2D eigenvalue weighted by Gasteiger charge is 2.26. The lowest BCUT2D eigenvalue weighted by atomic mass is 10.3. The van der Waals surface area contributed by atoms with Crippen molar-refractivity contribution in [3.63, 3.8) is 0 Å². The van der Waals surface area contributed by atoms with E-state index in [2.05, 4.69) is 10.4 Å². The zero-order valence-corrected chi connectivity index (χ0v) is 9.38. The molecule has 1 heterocycles. The summed E-state index contributed by atoms with van der Waals surface area (Å²) in [5.74, 6) is 0. The van der Waals surface area contributed by atoms with E-state index in [0.29, 0.717) is 12.6 Å². The Morgan fingerprint density at radius 3 is 2.69 bits per heavy atom. The van der Waals surface area contributed by atoms with Crippen LogP contribution in [0.1, 0.15) is 25.8 Å². The fraction of sp³-hybridized carbons (Fsp3) is 0.700. The molecule has 1 aromatic rings. The normalized spacial score (nSPS) is 12.4. The van der Waals surface area contributed by atoms with Gasteiger partial charge < -0.3 is 5.32 Å². The van der Waals surface area contributed by atoms with E-state index in [-0.39, 0.29) is 6.54 Å². The van der Waals surface area contributed by atoms with Crippen LogP contribution in [0.25, 0.3) is 0 Å². The molecule has 1 aromatic heterocycles. The molecule has 0 aliphatic rings. The van der Waals surface area contributed by atoms with Crippen LogP contribution >= 0.6 is 0 Å². The molecule has 16 heavy (non-hydrogen) atoms. The molecule has 0 bridgehead atoms. The Kier molecular flexibility index (Phi) is 4.35. The SMILES string of the molecule is CC(C)NCc1cnn(CCC(F)(F)F)c1. The minimum absolute atomic E-state index is 0.120. The molecule has 0 aromatic carbocycles. The topological polar surface area (TPSA) is 29.9 Å². The van der Waals surface area contributed by atoms with Gasteiger partial charge in [-0.25, -0.2) is 0 Å². The zero-order valence-electron chi connectivity index (χ0n) is 9.38. The molecule has 0 atom stereocenters. The third-order valence-corrected chi connectivity index (χ3v) is 2.03. The summed E-state index contributed by atoms with van der Waals surface area (Å²) in [5, 5.41) is 7.05. The minimum atomic E-state index is -4.12. The van der Waals surface area contributed by atoms with Crippen LogP contribution in [-0.4, -0.2) is 22.0 Å². The molecule has 0 amide bonds. The maximum atomic E-state index is 11.9. The second-order valence-electron chi connectivity index (χ2n) is 4.01. The highest BCUT2D eigenvalue weighted by Crippen LogP contribution is 2.20. The average molecular weight is 235 g/mol. The molecule has 0 spiro atoms. The van der Waals surface area contributed by atoms with Crippen molar-refractivity contribution in [2.24, 2.45) is 0 Å². The van der Waals surface area contributed by atoms with E-state index in [0.717, 1.165) is 5.56 Å². The molecule has 0 unspecified atom stereocenters. The van der Waals surface area contributed by atoms with E-state index in [1.165, 1.54) is 4.68 Å². The van der Waals surface area contributed by atoms with Gasteiger partial charge in [-0.3, -0.25) is 4.68 Å². The van der Waals surface area contributed by atoms with E-state index in [4.69, 9.17) is 0 Å². The van der Waals surface area contributed by atoms with Crippen LogP contribution in [0.15, 0.2) is 12.4 Å². The van der Waals surface area contributed by atoms with Crippen LogP contribution in [0.2, 0.25) is 0 Å². The largest absolute Gasteiger partial charge is 0.390 e. The lowest BCUT2D eigenvalue weighted by Crippen LogP contribution is -2.21. The number of aromatic nitrogens is 2. The molecule has 0 aliphatic heterocycles. The summed E-state index contributed by atoms with van der Waals surface area (Å²) in [5.41, 5.74) is 0.899. The van der Waals surface area contributed by atoms with E-state index in [1.54, 1.807) is 12.4 Å². The highest BCUT2D eigenvalue weighted by molar-refractivity contribution is 5.03. The smallest absolute Gasteiger partial charge is 0.310 e. The fourth-order valence-corrected chi connectivity index (χ4v) is 1.18. The first-order chi connectivity index (χ1) is 7.37. The van der Waals surface area contributed by atoms with E-state index in [1.807, 2.05) is 13.8 Å². The molecule has 6 heteroatoms. The third kappa shape index (κ3) is 5.16. The van der Waals surface area contributed by atoms with Crippen molar-refractivity contribution in [2.75, 3.05) is 0 Å². The number of alkyl halides is 3. The molecule has 92 valence electrons. The van der Waals surface area contributed by atoms with Crippen molar-refractivity contribution in [1.82, 2.24) is 15.1 Å². The van der Waals surface area contributed by atoms with Crippen molar-refractivity contribution >= 4 is 0 Å². The minimum Gasteiger partial charge on any atom is -0.310 e. The highest BCUT2D eigenvalue weighted by atomic mass is 19.4.